The highest BCUT2D eigenvalue weighted by molar-refractivity contribution is 7.80. The molecule has 0 unspecified atom stereocenters. The van der Waals surface area contributed by atoms with Crippen LogP contribution in [0.25, 0.3) is 0 Å². The molecule has 2 aromatic rings. The van der Waals surface area contributed by atoms with Crippen molar-refractivity contribution in [1.82, 2.24) is 19.8 Å². The fraction of sp³-hybridized carbons (Fsp3) is 0.545. The first-order valence-electron chi connectivity index (χ1n) is 10.4. The molecule has 7 heteroatoms. The van der Waals surface area contributed by atoms with Crippen LogP contribution < -0.4 is 5.32 Å². The van der Waals surface area contributed by atoms with Crippen molar-refractivity contribution < 1.29 is 9.47 Å². The summed E-state index contributed by atoms with van der Waals surface area (Å²) in [5.74, 6) is 0. The van der Waals surface area contributed by atoms with Crippen LogP contribution in [0.15, 0.2) is 30.5 Å². The Morgan fingerprint density at radius 1 is 1.34 bits per heavy atom. The van der Waals surface area contributed by atoms with Gasteiger partial charge in [0.15, 0.2) is 5.11 Å². The molecule has 29 heavy (non-hydrogen) atoms. The van der Waals surface area contributed by atoms with Gasteiger partial charge in [0.1, 0.15) is 0 Å². The molecule has 0 spiro atoms. The van der Waals surface area contributed by atoms with Crippen LogP contribution in [-0.4, -0.2) is 52.5 Å². The van der Waals surface area contributed by atoms with E-state index in [2.05, 4.69) is 45.7 Å². The van der Waals surface area contributed by atoms with Crippen molar-refractivity contribution in [1.29, 1.82) is 0 Å². The second-order valence-corrected chi connectivity index (χ2v) is 8.27. The third kappa shape index (κ3) is 4.04. The minimum Gasteiger partial charge on any atom is -0.383 e. The van der Waals surface area contributed by atoms with Crippen LogP contribution in [0.4, 0.5) is 0 Å². The Morgan fingerprint density at radius 2 is 2.21 bits per heavy atom. The van der Waals surface area contributed by atoms with Crippen molar-refractivity contribution in [3.8, 4) is 0 Å². The van der Waals surface area contributed by atoms with Crippen LogP contribution in [0, 0.1) is 13.8 Å². The first kappa shape index (κ1) is 20.3. The van der Waals surface area contributed by atoms with Gasteiger partial charge in [0.2, 0.25) is 0 Å². The normalized spacial score (nSPS) is 24.3. The average molecular weight is 415 g/mol. The number of hydrogen-bond donors (Lipinski definition) is 1. The molecule has 2 aliphatic heterocycles. The molecule has 1 N–H and O–H groups in total. The van der Waals surface area contributed by atoms with Crippen molar-refractivity contribution in [3.05, 3.63) is 53.1 Å². The zero-order chi connectivity index (χ0) is 20.4. The number of hydrogen-bond acceptors (Lipinski definition) is 4. The fourth-order valence-corrected chi connectivity index (χ4v) is 4.92. The Balaban J connectivity index is 1.72. The molecule has 0 aromatic carbocycles. The number of methoxy groups -OCH3 is 1. The van der Waals surface area contributed by atoms with Gasteiger partial charge in [-0.1, -0.05) is 6.07 Å². The molecule has 0 bridgehead atoms. The van der Waals surface area contributed by atoms with Gasteiger partial charge in [0, 0.05) is 44.4 Å². The predicted octanol–water partition coefficient (Wildman–Crippen LogP) is 3.30. The monoisotopic (exact) mass is 414 g/mol. The maximum absolute atomic E-state index is 5.93. The van der Waals surface area contributed by atoms with Crippen molar-refractivity contribution in [2.75, 3.05) is 26.9 Å². The minimum atomic E-state index is 0.0153. The Morgan fingerprint density at radius 3 is 2.90 bits per heavy atom. The van der Waals surface area contributed by atoms with Gasteiger partial charge in [-0.15, -0.1) is 0 Å². The van der Waals surface area contributed by atoms with Gasteiger partial charge in [-0.3, -0.25) is 4.98 Å². The Kier molecular flexibility index (Phi) is 6.18. The summed E-state index contributed by atoms with van der Waals surface area (Å²) in [4.78, 5) is 6.95. The average Bonchev–Trinajstić information content (AvgIpc) is 3.42. The van der Waals surface area contributed by atoms with Crippen LogP contribution in [-0.2, 0) is 16.0 Å². The van der Waals surface area contributed by atoms with E-state index in [1.54, 1.807) is 7.11 Å². The largest absolute Gasteiger partial charge is 0.383 e. The number of ether oxygens (including phenoxy) is 2. The van der Waals surface area contributed by atoms with Crippen molar-refractivity contribution in [2.24, 2.45) is 0 Å². The molecule has 2 aliphatic rings. The molecule has 0 aliphatic carbocycles. The second kappa shape index (κ2) is 8.81. The summed E-state index contributed by atoms with van der Waals surface area (Å²) in [6.45, 7) is 7.55. The number of aryl methyl sites for hydroxylation is 1. The lowest BCUT2D eigenvalue weighted by Gasteiger charge is -2.30. The van der Waals surface area contributed by atoms with E-state index in [9.17, 15) is 0 Å². The van der Waals surface area contributed by atoms with E-state index in [0.29, 0.717) is 6.61 Å². The van der Waals surface area contributed by atoms with Gasteiger partial charge < -0.3 is 24.3 Å². The molecular formula is C22H30N4O2S. The number of aromatic nitrogens is 2. The molecule has 4 rings (SSSR count). The van der Waals surface area contributed by atoms with Gasteiger partial charge in [-0.05, 0) is 62.7 Å². The Hall–Kier alpha value is -1.96. The minimum absolute atomic E-state index is 0.0153. The van der Waals surface area contributed by atoms with E-state index >= 15 is 0 Å². The van der Waals surface area contributed by atoms with Gasteiger partial charge in [-0.2, -0.15) is 0 Å². The molecule has 2 fully saturated rings. The molecule has 156 valence electrons. The predicted molar refractivity (Wildman–Crippen MR) is 117 cm³/mol. The first-order chi connectivity index (χ1) is 14.1. The van der Waals surface area contributed by atoms with E-state index in [4.69, 9.17) is 21.7 Å². The first-order valence-corrected chi connectivity index (χ1v) is 10.8. The van der Waals surface area contributed by atoms with Crippen molar-refractivity contribution in [3.63, 3.8) is 0 Å². The van der Waals surface area contributed by atoms with Gasteiger partial charge in [0.25, 0.3) is 0 Å². The summed E-state index contributed by atoms with van der Waals surface area (Å²) in [6.07, 6.45) is 4.30. The zero-order valence-corrected chi connectivity index (χ0v) is 18.2. The van der Waals surface area contributed by atoms with Gasteiger partial charge >= 0.3 is 0 Å². The number of nitrogens with zero attached hydrogens (tertiary/aromatic N) is 3. The number of nitrogens with one attached hydrogen (secondary N) is 1. The number of thiocarbonyl (C=S) groups is 1. The van der Waals surface area contributed by atoms with Crippen LogP contribution in [0.5, 0.6) is 0 Å². The van der Waals surface area contributed by atoms with E-state index in [1.807, 2.05) is 18.3 Å². The summed E-state index contributed by atoms with van der Waals surface area (Å²) in [5, 5.41) is 4.33. The van der Waals surface area contributed by atoms with Gasteiger partial charge in [0.05, 0.1) is 30.5 Å². The van der Waals surface area contributed by atoms with Crippen molar-refractivity contribution in [2.45, 2.75) is 51.4 Å². The van der Waals surface area contributed by atoms with E-state index in [-0.39, 0.29) is 18.2 Å². The fourth-order valence-electron chi connectivity index (χ4n) is 4.60. The molecule has 3 atom stereocenters. The van der Waals surface area contributed by atoms with Crippen molar-refractivity contribution >= 4 is 17.3 Å². The lowest BCUT2D eigenvalue weighted by atomic mass is 9.96. The lowest BCUT2D eigenvalue weighted by molar-refractivity contribution is 0.0841. The molecule has 0 saturated carbocycles. The molecule has 6 nitrogen and oxygen atoms in total. The Bertz CT molecular complexity index is 848. The quantitative estimate of drug-likeness (QED) is 0.702. The number of rotatable bonds is 7. The standard InChI is InChI=1S/C22H30N4O2S/c1-15-13-18(16(2)25(15)10-12-27-3)21-20(19-8-4-5-9-23-19)24-22(29)26(21)14-17-7-6-11-28-17/h4-5,8-9,13,17,20-21H,6-7,10-12,14H2,1-3H3,(H,24,29)/t17-,20+,21-/m0/s1. The summed E-state index contributed by atoms with van der Waals surface area (Å²) >= 11 is 5.79. The summed E-state index contributed by atoms with van der Waals surface area (Å²) in [7, 11) is 1.74. The number of pyridine rings is 1. The zero-order valence-electron chi connectivity index (χ0n) is 17.4. The Labute approximate surface area is 178 Å². The third-order valence-corrected chi connectivity index (χ3v) is 6.42. The van der Waals surface area contributed by atoms with Gasteiger partial charge in [-0.25, -0.2) is 0 Å². The molecule has 0 amide bonds. The van der Waals surface area contributed by atoms with E-state index in [1.165, 1.54) is 17.0 Å². The maximum Gasteiger partial charge on any atom is 0.170 e. The molecule has 4 heterocycles. The molecule has 2 aromatic heterocycles. The second-order valence-electron chi connectivity index (χ2n) is 7.88. The van der Waals surface area contributed by atoms with Crippen LogP contribution in [0.2, 0.25) is 0 Å². The molecule has 2 saturated heterocycles. The summed E-state index contributed by atoms with van der Waals surface area (Å²) in [5.41, 5.74) is 4.80. The molecule has 0 radical (unpaired) electrons. The lowest BCUT2D eigenvalue weighted by Crippen LogP contribution is -2.36. The van der Waals surface area contributed by atoms with E-state index in [0.717, 1.165) is 43.3 Å². The highest BCUT2D eigenvalue weighted by atomic mass is 32.1. The van der Waals surface area contributed by atoms with E-state index < -0.39 is 0 Å². The SMILES string of the molecule is COCCn1c(C)cc([C@H]2[C@@H](c3ccccn3)NC(=S)N2C[C@@H]2CCCO2)c1C. The van der Waals surface area contributed by atoms with Crippen LogP contribution in [0.1, 0.15) is 47.6 Å². The summed E-state index contributed by atoms with van der Waals surface area (Å²) in [6, 6.07) is 8.46. The van der Waals surface area contributed by atoms with Crippen LogP contribution >= 0.6 is 12.2 Å². The van der Waals surface area contributed by atoms with Crippen LogP contribution in [0.3, 0.4) is 0 Å². The summed E-state index contributed by atoms with van der Waals surface area (Å²) < 4.78 is 13.6. The highest BCUT2D eigenvalue weighted by Gasteiger charge is 2.42. The highest BCUT2D eigenvalue weighted by Crippen LogP contribution is 2.41. The maximum atomic E-state index is 5.93. The smallest absolute Gasteiger partial charge is 0.170 e. The third-order valence-electron chi connectivity index (χ3n) is 6.07. The topological polar surface area (TPSA) is 51.5 Å². The molecular weight excluding hydrogens is 384 g/mol.